The van der Waals surface area contributed by atoms with Gasteiger partial charge >= 0.3 is 5.97 Å². The van der Waals surface area contributed by atoms with Gasteiger partial charge in [0.05, 0.1) is 12.3 Å². The Morgan fingerprint density at radius 1 is 1.41 bits per heavy atom. The van der Waals surface area contributed by atoms with Gasteiger partial charge in [0.25, 0.3) is 0 Å². The van der Waals surface area contributed by atoms with Crippen molar-refractivity contribution < 1.29 is 14.7 Å². The van der Waals surface area contributed by atoms with E-state index in [0.717, 1.165) is 16.2 Å². The molecule has 0 aromatic heterocycles. The van der Waals surface area contributed by atoms with Gasteiger partial charge in [-0.2, -0.15) is 0 Å². The molecule has 1 aliphatic rings. The van der Waals surface area contributed by atoms with Crippen molar-refractivity contribution in [2.75, 3.05) is 12.3 Å². The maximum absolute atomic E-state index is 11.9. The van der Waals surface area contributed by atoms with Crippen molar-refractivity contribution in [1.82, 2.24) is 5.32 Å². The zero-order valence-corrected chi connectivity index (χ0v) is 10.00. The van der Waals surface area contributed by atoms with Crippen molar-refractivity contribution in [2.45, 2.75) is 17.2 Å². The Morgan fingerprint density at radius 2 is 2.18 bits per heavy atom. The van der Waals surface area contributed by atoms with Gasteiger partial charge in [0.1, 0.15) is 0 Å². The summed E-state index contributed by atoms with van der Waals surface area (Å²) in [6.45, 7) is 0.192. The van der Waals surface area contributed by atoms with Crippen LogP contribution in [0, 0.1) is 0 Å². The molecule has 0 saturated carbocycles. The van der Waals surface area contributed by atoms with E-state index in [1.807, 2.05) is 24.3 Å². The molecule has 1 aromatic carbocycles. The first-order chi connectivity index (χ1) is 8.18. The number of thioether (sulfide) groups is 1. The number of rotatable bonds is 4. The first-order valence-electron chi connectivity index (χ1n) is 5.39. The number of carboxylic acids is 1. The average Bonchev–Trinajstić information content (AvgIpc) is 2.72. The highest BCUT2D eigenvalue weighted by Gasteiger charge is 2.28. The third-order valence-electron chi connectivity index (χ3n) is 2.65. The number of nitrogens with one attached hydrogen (secondary N) is 1. The highest BCUT2D eigenvalue weighted by molar-refractivity contribution is 7.99. The predicted octanol–water partition coefficient (Wildman–Crippen LogP) is 1.47. The second kappa shape index (κ2) is 5.23. The van der Waals surface area contributed by atoms with Crippen molar-refractivity contribution in [3.05, 3.63) is 29.8 Å². The van der Waals surface area contributed by atoms with Crippen LogP contribution in [-0.4, -0.2) is 29.3 Å². The van der Waals surface area contributed by atoms with Crippen LogP contribution >= 0.6 is 11.8 Å². The van der Waals surface area contributed by atoms with Crippen molar-refractivity contribution in [3.8, 4) is 0 Å². The summed E-state index contributed by atoms with van der Waals surface area (Å²) in [6.07, 6.45) is -0.0345. The van der Waals surface area contributed by atoms with E-state index in [4.69, 9.17) is 5.11 Å². The number of hydrogen-bond donors (Lipinski definition) is 2. The minimum atomic E-state index is -0.897. The summed E-state index contributed by atoms with van der Waals surface area (Å²) in [5.41, 5.74) is 1.05. The zero-order chi connectivity index (χ0) is 12.3. The van der Waals surface area contributed by atoms with Crippen LogP contribution in [0.25, 0.3) is 0 Å². The van der Waals surface area contributed by atoms with E-state index in [1.165, 1.54) is 0 Å². The minimum absolute atomic E-state index is 0.0345. The Morgan fingerprint density at radius 3 is 2.94 bits per heavy atom. The smallest absolute Gasteiger partial charge is 0.305 e. The number of benzene rings is 1. The van der Waals surface area contributed by atoms with Crippen LogP contribution in [0.15, 0.2) is 29.2 Å². The molecule has 0 saturated heterocycles. The molecule has 0 radical (unpaired) electrons. The zero-order valence-electron chi connectivity index (χ0n) is 9.18. The number of carboxylic acid groups (broad SMARTS) is 1. The Labute approximate surface area is 103 Å². The number of amides is 1. The molecule has 17 heavy (non-hydrogen) atoms. The molecule has 2 rings (SSSR count). The molecule has 0 aliphatic carbocycles. The summed E-state index contributed by atoms with van der Waals surface area (Å²) in [5, 5.41) is 11.2. The van der Waals surface area contributed by atoms with Crippen LogP contribution in [0.4, 0.5) is 0 Å². The number of hydrogen-bond acceptors (Lipinski definition) is 3. The van der Waals surface area contributed by atoms with Gasteiger partial charge in [-0.25, -0.2) is 0 Å². The van der Waals surface area contributed by atoms with Crippen LogP contribution in [0.3, 0.4) is 0 Å². The molecule has 1 heterocycles. The first-order valence-corrected chi connectivity index (χ1v) is 6.38. The predicted molar refractivity (Wildman–Crippen MR) is 65.2 cm³/mol. The number of fused-ring (bicyclic) bond motifs is 1. The highest BCUT2D eigenvalue weighted by atomic mass is 32.2. The average molecular weight is 251 g/mol. The third kappa shape index (κ3) is 2.79. The van der Waals surface area contributed by atoms with Crippen molar-refractivity contribution in [2.24, 2.45) is 0 Å². The van der Waals surface area contributed by atoms with E-state index in [9.17, 15) is 9.59 Å². The second-order valence-corrected chi connectivity index (χ2v) is 4.90. The van der Waals surface area contributed by atoms with E-state index in [2.05, 4.69) is 5.32 Å². The molecule has 2 N–H and O–H groups in total. The second-order valence-electron chi connectivity index (χ2n) is 3.84. The lowest BCUT2D eigenvalue weighted by atomic mass is 10.0. The first kappa shape index (κ1) is 12.0. The number of aliphatic carboxylic acids is 1. The molecule has 4 nitrogen and oxygen atoms in total. The van der Waals surface area contributed by atoms with Gasteiger partial charge in [0.2, 0.25) is 5.91 Å². The van der Waals surface area contributed by atoms with E-state index >= 15 is 0 Å². The summed E-state index contributed by atoms with van der Waals surface area (Å²) in [5.74, 6) is -0.390. The topological polar surface area (TPSA) is 66.4 Å². The maximum atomic E-state index is 11.9. The molecular formula is C12H13NO3S. The Balaban J connectivity index is 1.96. The highest BCUT2D eigenvalue weighted by Crippen LogP contribution is 2.39. The molecular weight excluding hydrogens is 238 g/mol. The summed E-state index contributed by atoms with van der Waals surface area (Å²) >= 11 is 1.67. The van der Waals surface area contributed by atoms with Crippen LogP contribution in [-0.2, 0) is 9.59 Å². The molecule has 0 bridgehead atoms. The van der Waals surface area contributed by atoms with Gasteiger partial charge in [0.15, 0.2) is 0 Å². The fourth-order valence-electron chi connectivity index (χ4n) is 1.80. The van der Waals surface area contributed by atoms with Crippen LogP contribution < -0.4 is 5.32 Å². The molecule has 90 valence electrons. The molecule has 0 spiro atoms. The lowest BCUT2D eigenvalue weighted by Crippen LogP contribution is -2.31. The van der Waals surface area contributed by atoms with Gasteiger partial charge in [-0.05, 0) is 11.6 Å². The fraction of sp³-hybridized carbons (Fsp3) is 0.333. The van der Waals surface area contributed by atoms with Gasteiger partial charge in [-0.3, -0.25) is 9.59 Å². The van der Waals surface area contributed by atoms with Gasteiger partial charge in [-0.1, -0.05) is 18.2 Å². The molecule has 1 aromatic rings. The van der Waals surface area contributed by atoms with E-state index < -0.39 is 5.97 Å². The largest absolute Gasteiger partial charge is 0.481 e. The molecule has 1 unspecified atom stereocenters. The summed E-state index contributed by atoms with van der Waals surface area (Å²) in [4.78, 5) is 23.4. The van der Waals surface area contributed by atoms with Crippen molar-refractivity contribution in [1.29, 1.82) is 0 Å². The molecule has 1 aliphatic heterocycles. The Kier molecular flexibility index (Phi) is 3.68. The van der Waals surface area contributed by atoms with E-state index in [0.29, 0.717) is 0 Å². The fourth-order valence-corrected chi connectivity index (χ4v) is 3.02. The van der Waals surface area contributed by atoms with Gasteiger partial charge in [-0.15, -0.1) is 11.8 Å². The Hall–Kier alpha value is -1.49. The van der Waals surface area contributed by atoms with E-state index in [1.54, 1.807) is 11.8 Å². The molecule has 1 atom stereocenters. The molecule has 0 fully saturated rings. The minimum Gasteiger partial charge on any atom is -0.481 e. The normalized spacial score (nSPS) is 17.5. The molecule has 1 amide bonds. The number of carbonyl (C=O) groups excluding carboxylic acids is 1. The number of carbonyl (C=O) groups is 2. The van der Waals surface area contributed by atoms with Gasteiger partial charge < -0.3 is 10.4 Å². The monoisotopic (exact) mass is 251 g/mol. The lowest BCUT2D eigenvalue weighted by molar-refractivity contribution is -0.136. The summed E-state index contributed by atoms with van der Waals surface area (Å²) in [6, 6.07) is 7.83. The summed E-state index contributed by atoms with van der Waals surface area (Å²) < 4.78 is 0. The quantitative estimate of drug-likeness (QED) is 0.850. The van der Waals surface area contributed by atoms with Crippen molar-refractivity contribution in [3.63, 3.8) is 0 Å². The van der Waals surface area contributed by atoms with Crippen LogP contribution in [0.2, 0.25) is 0 Å². The van der Waals surface area contributed by atoms with E-state index in [-0.39, 0.29) is 24.8 Å². The van der Waals surface area contributed by atoms with Crippen molar-refractivity contribution >= 4 is 23.6 Å². The lowest BCUT2D eigenvalue weighted by Gasteiger charge is -2.10. The van der Waals surface area contributed by atoms with Gasteiger partial charge in [0, 0.05) is 17.2 Å². The van der Waals surface area contributed by atoms with Crippen LogP contribution in [0.1, 0.15) is 17.9 Å². The Bertz CT molecular complexity index is 447. The standard InChI is InChI=1S/C12H13NO3S/c14-11(15)5-6-13-12(16)9-7-17-10-4-2-1-3-8(9)10/h1-4,9H,5-7H2,(H,13,16)(H,14,15). The maximum Gasteiger partial charge on any atom is 0.305 e. The summed E-state index contributed by atoms with van der Waals surface area (Å²) in [7, 11) is 0. The SMILES string of the molecule is O=C(O)CCNC(=O)C1CSc2ccccc21. The van der Waals surface area contributed by atoms with Crippen LogP contribution in [0.5, 0.6) is 0 Å². The third-order valence-corrected chi connectivity index (χ3v) is 3.84. The molecule has 5 heteroatoms.